The highest BCUT2D eigenvalue weighted by Crippen LogP contribution is 2.13. The Balaban J connectivity index is 1.33. The summed E-state index contributed by atoms with van der Waals surface area (Å²) < 4.78 is 7.41. The monoisotopic (exact) mass is 384 g/mol. The fourth-order valence-electron chi connectivity index (χ4n) is 2.81. The number of hydrogen-bond donors (Lipinski definition) is 1. The molecule has 1 amide bonds. The molecule has 0 unspecified atom stereocenters. The lowest BCUT2D eigenvalue weighted by molar-refractivity contribution is 0.102. The van der Waals surface area contributed by atoms with Crippen molar-refractivity contribution in [3.05, 3.63) is 108 Å². The van der Waals surface area contributed by atoms with Gasteiger partial charge in [-0.15, -0.1) is 5.10 Å². The zero-order chi connectivity index (χ0) is 19.9. The van der Waals surface area contributed by atoms with Gasteiger partial charge in [-0.1, -0.05) is 60.7 Å². The second-order valence-electron chi connectivity index (χ2n) is 6.50. The van der Waals surface area contributed by atoms with E-state index in [-0.39, 0.29) is 11.9 Å². The molecule has 0 saturated carbocycles. The maximum Gasteiger partial charge on any atom is 0.258 e. The van der Waals surface area contributed by atoms with E-state index in [9.17, 15) is 4.79 Å². The number of nitrogens with zero attached hydrogens (tertiary/aromatic N) is 3. The van der Waals surface area contributed by atoms with Crippen molar-refractivity contribution in [2.24, 2.45) is 0 Å². The molecule has 0 atom stereocenters. The van der Waals surface area contributed by atoms with Crippen LogP contribution in [0.3, 0.4) is 0 Å². The summed E-state index contributed by atoms with van der Waals surface area (Å²) in [6.45, 7) is 1.04. The molecule has 0 aliphatic carbocycles. The Hall–Kier alpha value is -3.93. The highest BCUT2D eigenvalue weighted by molar-refractivity contribution is 6.03. The highest BCUT2D eigenvalue weighted by atomic mass is 16.5. The summed E-state index contributed by atoms with van der Waals surface area (Å²) in [6.07, 6.45) is 1.60. The molecule has 3 aromatic carbocycles. The number of ether oxygens (including phenoxy) is 1. The van der Waals surface area contributed by atoms with Gasteiger partial charge < -0.3 is 4.74 Å². The van der Waals surface area contributed by atoms with Crippen LogP contribution in [0.1, 0.15) is 21.5 Å². The third-order valence-electron chi connectivity index (χ3n) is 4.31. The molecule has 29 heavy (non-hydrogen) atoms. The van der Waals surface area contributed by atoms with Crippen molar-refractivity contribution in [3.63, 3.8) is 0 Å². The van der Waals surface area contributed by atoms with E-state index < -0.39 is 0 Å². The SMILES string of the molecule is O=C(Nc1ncn(Cc2ccccc2)n1)c1ccc(COc2ccccc2)cc1. The first-order chi connectivity index (χ1) is 14.3. The summed E-state index contributed by atoms with van der Waals surface area (Å²) in [5.41, 5.74) is 2.63. The van der Waals surface area contributed by atoms with E-state index in [1.165, 1.54) is 0 Å². The summed E-state index contributed by atoms with van der Waals surface area (Å²) in [5, 5.41) is 7.03. The minimum Gasteiger partial charge on any atom is -0.489 e. The molecule has 4 rings (SSSR count). The molecule has 0 saturated heterocycles. The predicted molar refractivity (Wildman–Crippen MR) is 111 cm³/mol. The van der Waals surface area contributed by atoms with Crippen molar-refractivity contribution in [1.82, 2.24) is 14.8 Å². The van der Waals surface area contributed by atoms with Crippen LogP contribution in [-0.4, -0.2) is 20.7 Å². The number of anilines is 1. The van der Waals surface area contributed by atoms with Crippen LogP contribution < -0.4 is 10.1 Å². The minimum absolute atomic E-state index is 0.252. The molecule has 0 aliphatic heterocycles. The number of amides is 1. The van der Waals surface area contributed by atoms with Crippen molar-refractivity contribution in [3.8, 4) is 5.75 Å². The Labute approximate surface area is 168 Å². The fourth-order valence-corrected chi connectivity index (χ4v) is 2.81. The number of hydrogen-bond acceptors (Lipinski definition) is 4. The molecule has 6 nitrogen and oxygen atoms in total. The van der Waals surface area contributed by atoms with Crippen molar-refractivity contribution in [2.75, 3.05) is 5.32 Å². The first kappa shape index (κ1) is 18.4. The molecule has 4 aromatic rings. The Bertz CT molecular complexity index is 1060. The molecule has 0 spiro atoms. The number of para-hydroxylation sites is 1. The summed E-state index contributed by atoms with van der Waals surface area (Å²) >= 11 is 0. The van der Waals surface area contributed by atoms with Gasteiger partial charge in [0.05, 0.1) is 6.54 Å². The number of aromatic nitrogens is 3. The van der Waals surface area contributed by atoms with Crippen LogP contribution in [0.4, 0.5) is 5.95 Å². The lowest BCUT2D eigenvalue weighted by Crippen LogP contribution is -2.13. The van der Waals surface area contributed by atoms with Gasteiger partial charge in [-0.05, 0) is 35.4 Å². The third kappa shape index (κ3) is 5.07. The first-order valence-corrected chi connectivity index (χ1v) is 9.28. The van der Waals surface area contributed by atoms with E-state index in [1.807, 2.05) is 72.8 Å². The van der Waals surface area contributed by atoms with Crippen LogP contribution in [0.5, 0.6) is 5.75 Å². The van der Waals surface area contributed by atoms with E-state index in [0.29, 0.717) is 18.7 Å². The Morgan fingerprint density at radius 1 is 0.862 bits per heavy atom. The quantitative estimate of drug-likeness (QED) is 0.520. The zero-order valence-corrected chi connectivity index (χ0v) is 15.7. The van der Waals surface area contributed by atoms with E-state index in [4.69, 9.17) is 4.74 Å². The molecule has 144 valence electrons. The van der Waals surface area contributed by atoms with Crippen LogP contribution in [0.15, 0.2) is 91.3 Å². The van der Waals surface area contributed by atoms with Gasteiger partial charge in [-0.25, -0.2) is 9.67 Å². The van der Waals surface area contributed by atoms with E-state index in [2.05, 4.69) is 15.4 Å². The van der Waals surface area contributed by atoms with Crippen molar-refractivity contribution < 1.29 is 9.53 Å². The van der Waals surface area contributed by atoms with Gasteiger partial charge >= 0.3 is 0 Å². The van der Waals surface area contributed by atoms with E-state index in [1.54, 1.807) is 23.1 Å². The lowest BCUT2D eigenvalue weighted by atomic mass is 10.1. The second-order valence-corrected chi connectivity index (χ2v) is 6.50. The van der Waals surface area contributed by atoms with Gasteiger partial charge in [0.15, 0.2) is 0 Å². The van der Waals surface area contributed by atoms with Crippen molar-refractivity contribution >= 4 is 11.9 Å². The van der Waals surface area contributed by atoms with Crippen LogP contribution in [0.2, 0.25) is 0 Å². The lowest BCUT2D eigenvalue weighted by Gasteiger charge is -2.07. The molecule has 1 aromatic heterocycles. The fraction of sp³-hybridized carbons (Fsp3) is 0.0870. The van der Waals surface area contributed by atoms with Gasteiger partial charge in [-0.2, -0.15) is 0 Å². The standard InChI is InChI=1S/C23H20N4O2/c28-22(25-23-24-17-27(26-23)15-18-7-3-1-4-8-18)20-13-11-19(12-14-20)16-29-21-9-5-2-6-10-21/h1-14,17H,15-16H2,(H,25,26,28). The number of carbonyl (C=O) groups is 1. The Morgan fingerprint density at radius 2 is 1.55 bits per heavy atom. The maximum absolute atomic E-state index is 12.4. The van der Waals surface area contributed by atoms with Gasteiger partial charge in [0, 0.05) is 5.56 Å². The van der Waals surface area contributed by atoms with Crippen LogP contribution in [0.25, 0.3) is 0 Å². The van der Waals surface area contributed by atoms with Crippen LogP contribution in [0, 0.1) is 0 Å². The van der Waals surface area contributed by atoms with E-state index in [0.717, 1.165) is 16.9 Å². The second kappa shape index (κ2) is 8.84. The molecular weight excluding hydrogens is 364 g/mol. The molecule has 0 fully saturated rings. The van der Waals surface area contributed by atoms with Crippen LogP contribution >= 0.6 is 0 Å². The minimum atomic E-state index is -0.252. The molecule has 0 radical (unpaired) electrons. The van der Waals surface area contributed by atoms with Crippen LogP contribution in [-0.2, 0) is 13.2 Å². The van der Waals surface area contributed by atoms with Gasteiger partial charge in [0.2, 0.25) is 5.95 Å². The average Bonchev–Trinajstić information content (AvgIpc) is 3.20. The number of carbonyl (C=O) groups excluding carboxylic acids is 1. The average molecular weight is 384 g/mol. The summed E-state index contributed by atoms with van der Waals surface area (Å²) in [4.78, 5) is 16.6. The molecule has 0 bridgehead atoms. The Morgan fingerprint density at radius 3 is 2.28 bits per heavy atom. The van der Waals surface area contributed by atoms with E-state index >= 15 is 0 Å². The number of nitrogens with one attached hydrogen (secondary N) is 1. The van der Waals surface area contributed by atoms with Gasteiger partial charge in [-0.3, -0.25) is 10.1 Å². The number of benzene rings is 3. The molecular formula is C23H20N4O2. The summed E-state index contributed by atoms with van der Waals surface area (Å²) in [7, 11) is 0. The highest BCUT2D eigenvalue weighted by Gasteiger charge is 2.09. The molecule has 0 aliphatic rings. The van der Waals surface area contributed by atoms with Gasteiger partial charge in [0.25, 0.3) is 5.91 Å². The van der Waals surface area contributed by atoms with Crippen molar-refractivity contribution in [1.29, 1.82) is 0 Å². The normalized spacial score (nSPS) is 10.5. The zero-order valence-electron chi connectivity index (χ0n) is 15.7. The third-order valence-corrected chi connectivity index (χ3v) is 4.31. The van der Waals surface area contributed by atoms with Gasteiger partial charge in [0.1, 0.15) is 18.7 Å². The maximum atomic E-state index is 12.4. The first-order valence-electron chi connectivity index (χ1n) is 9.28. The van der Waals surface area contributed by atoms with Crippen molar-refractivity contribution in [2.45, 2.75) is 13.2 Å². The molecule has 6 heteroatoms. The molecule has 1 heterocycles. The smallest absolute Gasteiger partial charge is 0.258 e. The summed E-state index contributed by atoms with van der Waals surface area (Å²) in [5.74, 6) is 0.840. The molecule has 1 N–H and O–H groups in total. The number of rotatable bonds is 7. The topological polar surface area (TPSA) is 69.0 Å². The predicted octanol–water partition coefficient (Wildman–Crippen LogP) is 4.16. The Kier molecular flexibility index (Phi) is 5.62. The summed E-state index contributed by atoms with van der Waals surface area (Å²) in [6, 6.07) is 26.8. The largest absolute Gasteiger partial charge is 0.489 e.